The lowest BCUT2D eigenvalue weighted by Gasteiger charge is -2.22. The molecule has 19 heavy (non-hydrogen) atoms. The first-order chi connectivity index (χ1) is 9.15. The Hall–Kier alpha value is -0.650. The summed E-state index contributed by atoms with van der Waals surface area (Å²) in [5, 5.41) is 3.58. The third-order valence-corrected chi connectivity index (χ3v) is 4.52. The molecule has 2 aliphatic rings. The molecule has 1 aromatic carbocycles. The number of rotatable bonds is 4. The summed E-state index contributed by atoms with van der Waals surface area (Å²) in [6, 6.07) is 6.33. The molecule has 1 saturated carbocycles. The Morgan fingerprint density at radius 2 is 2.16 bits per heavy atom. The normalized spacial score (nSPS) is 26.4. The van der Waals surface area contributed by atoms with Gasteiger partial charge in [-0.15, -0.1) is 0 Å². The van der Waals surface area contributed by atoms with Crippen LogP contribution < -0.4 is 11.1 Å². The van der Waals surface area contributed by atoms with E-state index in [2.05, 4.69) is 21.2 Å². The Bertz CT molecular complexity index is 504. The van der Waals surface area contributed by atoms with Gasteiger partial charge in [-0.3, -0.25) is 0 Å². The number of anilines is 1. The zero-order chi connectivity index (χ0) is 13.4. The standard InChI is InChI=1S/C14H17BrN2OS/c15-9-3-4-10(14(16)19)12(7-9)17-11-5-6-18-13(11)8-1-2-8/h3-4,7-8,11,13,17H,1-2,5-6H2,(H2,16,19). The molecule has 5 heteroatoms. The molecule has 0 spiro atoms. The quantitative estimate of drug-likeness (QED) is 0.827. The van der Waals surface area contributed by atoms with Gasteiger partial charge >= 0.3 is 0 Å². The van der Waals surface area contributed by atoms with Crippen LogP contribution in [0.5, 0.6) is 0 Å². The summed E-state index contributed by atoms with van der Waals surface area (Å²) in [6.45, 7) is 0.843. The number of halogens is 1. The van der Waals surface area contributed by atoms with Crippen LogP contribution >= 0.6 is 28.1 Å². The molecule has 1 heterocycles. The lowest BCUT2D eigenvalue weighted by Crippen LogP contribution is -2.31. The largest absolute Gasteiger partial charge is 0.389 e. The Labute approximate surface area is 127 Å². The highest BCUT2D eigenvalue weighted by atomic mass is 79.9. The van der Waals surface area contributed by atoms with Gasteiger partial charge in [-0.1, -0.05) is 28.1 Å². The summed E-state index contributed by atoms with van der Waals surface area (Å²) in [5.41, 5.74) is 7.70. The molecule has 3 nitrogen and oxygen atoms in total. The maximum atomic E-state index is 5.85. The zero-order valence-electron chi connectivity index (χ0n) is 10.6. The van der Waals surface area contributed by atoms with Crippen molar-refractivity contribution in [1.82, 2.24) is 0 Å². The minimum absolute atomic E-state index is 0.346. The molecular weight excluding hydrogens is 324 g/mol. The SMILES string of the molecule is NC(=S)c1ccc(Br)cc1NC1CCOC1C1CC1. The van der Waals surface area contributed by atoms with Crippen molar-refractivity contribution in [2.75, 3.05) is 11.9 Å². The van der Waals surface area contributed by atoms with Crippen LogP contribution in [0.15, 0.2) is 22.7 Å². The predicted molar refractivity (Wildman–Crippen MR) is 84.5 cm³/mol. The third-order valence-electron chi connectivity index (χ3n) is 3.81. The highest BCUT2D eigenvalue weighted by Crippen LogP contribution is 2.40. The fourth-order valence-corrected chi connectivity index (χ4v) is 3.24. The number of nitrogens with two attached hydrogens (primary N) is 1. The van der Waals surface area contributed by atoms with Crippen molar-refractivity contribution >= 4 is 38.8 Å². The Kier molecular flexibility index (Phi) is 3.78. The maximum absolute atomic E-state index is 5.85. The van der Waals surface area contributed by atoms with Crippen molar-refractivity contribution in [3.8, 4) is 0 Å². The Morgan fingerprint density at radius 3 is 2.84 bits per heavy atom. The van der Waals surface area contributed by atoms with Gasteiger partial charge in [-0.2, -0.15) is 0 Å². The van der Waals surface area contributed by atoms with Crippen molar-refractivity contribution in [2.24, 2.45) is 11.7 Å². The first-order valence-corrected chi connectivity index (χ1v) is 7.83. The second kappa shape index (κ2) is 5.38. The first-order valence-electron chi connectivity index (χ1n) is 6.62. The van der Waals surface area contributed by atoms with E-state index in [9.17, 15) is 0 Å². The van der Waals surface area contributed by atoms with E-state index in [1.54, 1.807) is 0 Å². The van der Waals surface area contributed by atoms with Crippen LogP contribution in [0.4, 0.5) is 5.69 Å². The van der Waals surface area contributed by atoms with Gasteiger partial charge in [0.1, 0.15) is 4.99 Å². The predicted octanol–water partition coefficient (Wildman–Crippen LogP) is 3.06. The molecule has 1 aliphatic carbocycles. The third kappa shape index (κ3) is 2.93. The highest BCUT2D eigenvalue weighted by Gasteiger charge is 2.40. The van der Waals surface area contributed by atoms with Crippen LogP contribution in [-0.4, -0.2) is 23.7 Å². The first kappa shape index (κ1) is 13.3. The average Bonchev–Trinajstić information content (AvgIpc) is 3.10. The van der Waals surface area contributed by atoms with E-state index in [-0.39, 0.29) is 0 Å². The van der Waals surface area contributed by atoms with E-state index in [1.807, 2.05) is 18.2 Å². The number of nitrogens with one attached hydrogen (secondary N) is 1. The van der Waals surface area contributed by atoms with Gasteiger partial charge < -0.3 is 15.8 Å². The molecule has 1 aromatic rings. The second-order valence-electron chi connectivity index (χ2n) is 5.27. The molecule has 0 bridgehead atoms. The fourth-order valence-electron chi connectivity index (χ4n) is 2.71. The van der Waals surface area contributed by atoms with E-state index in [4.69, 9.17) is 22.7 Å². The molecule has 2 atom stereocenters. The average molecular weight is 341 g/mol. The molecular formula is C14H17BrN2OS. The molecule has 3 N–H and O–H groups in total. The summed E-state index contributed by atoms with van der Waals surface area (Å²) in [7, 11) is 0. The summed E-state index contributed by atoms with van der Waals surface area (Å²) in [4.78, 5) is 0.428. The van der Waals surface area contributed by atoms with Crippen LogP contribution in [0.2, 0.25) is 0 Å². The van der Waals surface area contributed by atoms with Gasteiger partial charge in [0.2, 0.25) is 0 Å². The lowest BCUT2D eigenvalue weighted by molar-refractivity contribution is 0.0898. The number of hydrogen-bond donors (Lipinski definition) is 2. The van der Waals surface area contributed by atoms with Gasteiger partial charge in [-0.05, 0) is 43.4 Å². The fraction of sp³-hybridized carbons (Fsp3) is 0.500. The molecule has 2 unspecified atom stereocenters. The van der Waals surface area contributed by atoms with E-state index in [0.29, 0.717) is 17.1 Å². The Morgan fingerprint density at radius 1 is 1.37 bits per heavy atom. The van der Waals surface area contributed by atoms with Crippen molar-refractivity contribution < 1.29 is 4.74 Å². The minimum atomic E-state index is 0.346. The minimum Gasteiger partial charge on any atom is -0.389 e. The number of benzene rings is 1. The monoisotopic (exact) mass is 340 g/mol. The molecule has 1 saturated heterocycles. The maximum Gasteiger partial charge on any atom is 0.106 e. The van der Waals surface area contributed by atoms with Gasteiger partial charge in [0, 0.05) is 22.3 Å². The van der Waals surface area contributed by atoms with Crippen LogP contribution in [0.3, 0.4) is 0 Å². The molecule has 1 aliphatic heterocycles. The lowest BCUT2D eigenvalue weighted by atomic mass is 10.0. The smallest absolute Gasteiger partial charge is 0.106 e. The molecule has 0 aromatic heterocycles. The summed E-state index contributed by atoms with van der Waals surface area (Å²) in [5.74, 6) is 0.737. The van der Waals surface area contributed by atoms with Crippen LogP contribution in [0, 0.1) is 5.92 Å². The molecule has 0 amide bonds. The number of hydrogen-bond acceptors (Lipinski definition) is 3. The van der Waals surface area contributed by atoms with E-state index >= 15 is 0 Å². The van der Waals surface area contributed by atoms with E-state index in [1.165, 1.54) is 12.8 Å². The topological polar surface area (TPSA) is 47.3 Å². The number of thiocarbonyl (C=S) groups is 1. The molecule has 2 fully saturated rings. The van der Waals surface area contributed by atoms with Crippen molar-refractivity contribution in [3.05, 3.63) is 28.2 Å². The summed E-state index contributed by atoms with van der Waals surface area (Å²) < 4.78 is 6.88. The molecule has 0 radical (unpaired) electrons. The van der Waals surface area contributed by atoms with Crippen LogP contribution in [-0.2, 0) is 4.74 Å². The van der Waals surface area contributed by atoms with Crippen LogP contribution in [0.25, 0.3) is 0 Å². The van der Waals surface area contributed by atoms with Crippen molar-refractivity contribution in [3.63, 3.8) is 0 Å². The van der Waals surface area contributed by atoms with Gasteiger partial charge in [0.15, 0.2) is 0 Å². The summed E-state index contributed by atoms with van der Waals surface area (Å²) >= 11 is 8.61. The molecule has 3 rings (SSSR count). The number of ether oxygens (including phenoxy) is 1. The second-order valence-corrected chi connectivity index (χ2v) is 6.62. The zero-order valence-corrected chi connectivity index (χ0v) is 13.0. The van der Waals surface area contributed by atoms with Crippen molar-refractivity contribution in [1.29, 1.82) is 0 Å². The van der Waals surface area contributed by atoms with Gasteiger partial charge in [-0.25, -0.2) is 0 Å². The molecule has 102 valence electrons. The van der Waals surface area contributed by atoms with E-state index in [0.717, 1.165) is 34.7 Å². The van der Waals surface area contributed by atoms with Crippen LogP contribution in [0.1, 0.15) is 24.8 Å². The van der Waals surface area contributed by atoms with Crippen molar-refractivity contribution in [2.45, 2.75) is 31.4 Å². The highest BCUT2D eigenvalue weighted by molar-refractivity contribution is 9.10. The van der Waals surface area contributed by atoms with Gasteiger partial charge in [0.25, 0.3) is 0 Å². The van der Waals surface area contributed by atoms with E-state index < -0.39 is 0 Å². The Balaban J connectivity index is 1.81. The van der Waals surface area contributed by atoms with Gasteiger partial charge in [0.05, 0.1) is 12.1 Å². The summed E-state index contributed by atoms with van der Waals surface area (Å²) in [6.07, 6.45) is 3.98.